The molecule has 0 atom stereocenters. The lowest BCUT2D eigenvalue weighted by atomic mass is 10.0. The summed E-state index contributed by atoms with van der Waals surface area (Å²) in [6, 6.07) is 6.14. The predicted molar refractivity (Wildman–Crippen MR) is 73.5 cm³/mol. The topological polar surface area (TPSA) is 37.4 Å². The highest BCUT2D eigenvalue weighted by Crippen LogP contribution is 2.23. The number of aryl methyl sites for hydroxylation is 2. The summed E-state index contributed by atoms with van der Waals surface area (Å²) in [6.45, 7) is 1.91. The molecule has 3 heteroatoms. The van der Waals surface area contributed by atoms with Gasteiger partial charge in [-0.15, -0.1) is 0 Å². The van der Waals surface area contributed by atoms with Crippen molar-refractivity contribution in [3.63, 3.8) is 0 Å². The Morgan fingerprint density at radius 3 is 2.58 bits per heavy atom. The van der Waals surface area contributed by atoms with Crippen LogP contribution in [0.1, 0.15) is 40.7 Å². The molecule has 0 spiro atoms. The average molecular weight is 257 g/mol. The van der Waals surface area contributed by atoms with E-state index in [1.807, 2.05) is 6.07 Å². The summed E-state index contributed by atoms with van der Waals surface area (Å²) in [5, 5.41) is 0. The number of fused-ring (bicyclic) bond motifs is 1. The zero-order chi connectivity index (χ0) is 13.2. The van der Waals surface area contributed by atoms with Crippen molar-refractivity contribution in [3.8, 4) is 0 Å². The van der Waals surface area contributed by atoms with Crippen LogP contribution >= 0.6 is 0 Å². The third-order valence-corrected chi connectivity index (χ3v) is 4.20. The number of hydrogen-bond acceptors (Lipinski definition) is 3. The lowest BCUT2D eigenvalue weighted by molar-refractivity contribution is -0.121. The number of likely N-dealkylation sites (tertiary alicyclic amines) is 1. The molecule has 2 aliphatic rings. The molecule has 1 fully saturated rings. The summed E-state index contributed by atoms with van der Waals surface area (Å²) in [5.74, 6) is 0.505. The molecule has 3 rings (SSSR count). The Balaban J connectivity index is 1.65. The van der Waals surface area contributed by atoms with E-state index in [-0.39, 0.29) is 5.78 Å². The number of benzene rings is 1. The third-order valence-electron chi connectivity index (χ3n) is 4.20. The molecular formula is C16H19NO2. The summed E-state index contributed by atoms with van der Waals surface area (Å²) in [4.78, 5) is 25.5. The first kappa shape index (κ1) is 12.5. The zero-order valence-corrected chi connectivity index (χ0v) is 11.2. The summed E-state index contributed by atoms with van der Waals surface area (Å²) in [7, 11) is 0. The molecule has 0 amide bonds. The van der Waals surface area contributed by atoms with Crippen molar-refractivity contribution in [2.45, 2.75) is 32.1 Å². The molecule has 0 bridgehead atoms. The molecule has 0 unspecified atom stereocenters. The van der Waals surface area contributed by atoms with Gasteiger partial charge in [0, 0.05) is 31.5 Å². The molecule has 1 aliphatic heterocycles. The molecule has 0 N–H and O–H groups in total. The minimum atomic E-state index is 0.184. The van der Waals surface area contributed by atoms with E-state index >= 15 is 0 Å². The number of rotatable bonds is 3. The van der Waals surface area contributed by atoms with Crippen molar-refractivity contribution in [2.24, 2.45) is 0 Å². The van der Waals surface area contributed by atoms with Crippen molar-refractivity contribution in [1.82, 2.24) is 4.90 Å². The predicted octanol–water partition coefficient (Wildman–Crippen LogP) is 2.02. The quantitative estimate of drug-likeness (QED) is 0.777. The second kappa shape index (κ2) is 5.25. The van der Waals surface area contributed by atoms with Gasteiger partial charge in [-0.3, -0.25) is 14.5 Å². The fourth-order valence-electron chi connectivity index (χ4n) is 3.00. The normalized spacial score (nSPS) is 19.5. The lowest BCUT2D eigenvalue weighted by Gasteiger charge is -2.24. The molecule has 0 aromatic heterocycles. The van der Waals surface area contributed by atoms with Gasteiger partial charge in [-0.1, -0.05) is 12.1 Å². The molecule has 3 nitrogen and oxygen atoms in total. The zero-order valence-electron chi connectivity index (χ0n) is 11.2. The lowest BCUT2D eigenvalue weighted by Crippen LogP contribution is -2.37. The molecule has 100 valence electrons. The van der Waals surface area contributed by atoms with Crippen molar-refractivity contribution in [1.29, 1.82) is 0 Å². The van der Waals surface area contributed by atoms with Crippen molar-refractivity contribution < 1.29 is 9.59 Å². The van der Waals surface area contributed by atoms with E-state index in [0.717, 1.165) is 31.5 Å². The third kappa shape index (κ3) is 2.76. The van der Waals surface area contributed by atoms with Gasteiger partial charge < -0.3 is 0 Å². The standard InChI is InChI=1S/C16H19NO2/c18-15-6-8-17(9-7-15)11-16(19)14-5-4-12-2-1-3-13(12)10-14/h4-5,10H,1-3,6-9,11H2. The Hall–Kier alpha value is -1.48. The van der Waals surface area contributed by atoms with Gasteiger partial charge in [-0.05, 0) is 36.5 Å². The molecule has 1 heterocycles. The minimum absolute atomic E-state index is 0.184. The molecule has 1 aromatic carbocycles. The van der Waals surface area contributed by atoms with Gasteiger partial charge in [0.25, 0.3) is 0 Å². The van der Waals surface area contributed by atoms with Gasteiger partial charge in [-0.2, -0.15) is 0 Å². The van der Waals surface area contributed by atoms with Crippen LogP contribution in [0.2, 0.25) is 0 Å². The summed E-state index contributed by atoms with van der Waals surface area (Å²) >= 11 is 0. The smallest absolute Gasteiger partial charge is 0.176 e. The molecule has 0 radical (unpaired) electrons. The van der Waals surface area contributed by atoms with Gasteiger partial charge in [0.05, 0.1) is 6.54 Å². The molecule has 1 saturated heterocycles. The Bertz CT molecular complexity index is 511. The van der Waals surface area contributed by atoms with Crippen molar-refractivity contribution in [3.05, 3.63) is 34.9 Å². The maximum absolute atomic E-state index is 12.3. The number of piperidine rings is 1. The average Bonchev–Trinajstić information content (AvgIpc) is 2.88. The maximum Gasteiger partial charge on any atom is 0.176 e. The summed E-state index contributed by atoms with van der Waals surface area (Å²) in [6.07, 6.45) is 4.66. The van der Waals surface area contributed by atoms with Gasteiger partial charge >= 0.3 is 0 Å². The van der Waals surface area contributed by atoms with Crippen LogP contribution < -0.4 is 0 Å². The first-order valence-corrected chi connectivity index (χ1v) is 7.11. The Morgan fingerprint density at radius 1 is 1.05 bits per heavy atom. The SMILES string of the molecule is O=C1CCN(CC(=O)c2ccc3c(c2)CCC3)CC1. The van der Waals surface area contributed by atoms with E-state index in [1.165, 1.54) is 17.5 Å². The highest BCUT2D eigenvalue weighted by atomic mass is 16.1. The van der Waals surface area contributed by atoms with Crippen LogP contribution in [0.4, 0.5) is 0 Å². The summed E-state index contributed by atoms with van der Waals surface area (Å²) < 4.78 is 0. The fraction of sp³-hybridized carbons (Fsp3) is 0.500. The van der Waals surface area contributed by atoms with Gasteiger partial charge in [0.1, 0.15) is 5.78 Å². The largest absolute Gasteiger partial charge is 0.300 e. The van der Waals surface area contributed by atoms with E-state index in [9.17, 15) is 9.59 Å². The number of ketones is 2. The summed E-state index contributed by atoms with van der Waals surface area (Å²) in [5.41, 5.74) is 3.58. The molecule has 1 aromatic rings. The van der Waals surface area contributed by atoms with E-state index in [1.54, 1.807) is 0 Å². The Morgan fingerprint density at radius 2 is 1.79 bits per heavy atom. The van der Waals surface area contributed by atoms with Crippen molar-refractivity contribution >= 4 is 11.6 Å². The minimum Gasteiger partial charge on any atom is -0.300 e. The second-order valence-corrected chi connectivity index (χ2v) is 5.58. The van der Waals surface area contributed by atoms with Crippen LogP contribution in [0, 0.1) is 0 Å². The van der Waals surface area contributed by atoms with Gasteiger partial charge in [0.2, 0.25) is 0 Å². The number of nitrogens with zero attached hydrogens (tertiary/aromatic N) is 1. The number of carbonyl (C=O) groups is 2. The highest BCUT2D eigenvalue weighted by Gasteiger charge is 2.20. The fourth-order valence-corrected chi connectivity index (χ4v) is 3.00. The van der Waals surface area contributed by atoms with E-state index in [4.69, 9.17) is 0 Å². The second-order valence-electron chi connectivity index (χ2n) is 5.58. The molecule has 1 aliphatic carbocycles. The Kier molecular flexibility index (Phi) is 3.47. The van der Waals surface area contributed by atoms with Crippen LogP contribution in [0.15, 0.2) is 18.2 Å². The first-order chi connectivity index (χ1) is 9.22. The monoisotopic (exact) mass is 257 g/mol. The molecule has 0 saturated carbocycles. The molecular weight excluding hydrogens is 238 g/mol. The van der Waals surface area contributed by atoms with E-state index < -0.39 is 0 Å². The van der Waals surface area contributed by atoms with Gasteiger partial charge in [0.15, 0.2) is 5.78 Å². The van der Waals surface area contributed by atoms with Crippen LogP contribution in [-0.4, -0.2) is 36.1 Å². The van der Waals surface area contributed by atoms with Crippen LogP contribution in [0.3, 0.4) is 0 Å². The maximum atomic E-state index is 12.3. The van der Waals surface area contributed by atoms with Crippen LogP contribution in [0.5, 0.6) is 0 Å². The number of Topliss-reactive ketones (excluding diaryl/α,β-unsaturated/α-hetero) is 2. The van der Waals surface area contributed by atoms with Crippen LogP contribution in [-0.2, 0) is 17.6 Å². The first-order valence-electron chi connectivity index (χ1n) is 7.11. The highest BCUT2D eigenvalue weighted by molar-refractivity contribution is 5.98. The van der Waals surface area contributed by atoms with Gasteiger partial charge in [-0.25, -0.2) is 0 Å². The molecule has 19 heavy (non-hydrogen) atoms. The van der Waals surface area contributed by atoms with E-state index in [0.29, 0.717) is 25.2 Å². The van der Waals surface area contributed by atoms with Crippen molar-refractivity contribution in [2.75, 3.05) is 19.6 Å². The number of hydrogen-bond donors (Lipinski definition) is 0. The Labute approximate surface area is 113 Å². The van der Waals surface area contributed by atoms with Crippen LogP contribution in [0.25, 0.3) is 0 Å². The number of carbonyl (C=O) groups excluding carboxylic acids is 2. The van der Waals surface area contributed by atoms with E-state index in [2.05, 4.69) is 17.0 Å².